The zero-order valence-electron chi connectivity index (χ0n) is 13.4. The van der Waals surface area contributed by atoms with E-state index in [0.717, 1.165) is 12.8 Å². The third-order valence-electron chi connectivity index (χ3n) is 3.85. The second kappa shape index (κ2) is 14.4. The van der Waals surface area contributed by atoms with E-state index >= 15 is 0 Å². The Morgan fingerprint density at radius 1 is 0.789 bits per heavy atom. The van der Waals surface area contributed by atoms with Crippen molar-refractivity contribution in [1.82, 2.24) is 0 Å². The fourth-order valence-electron chi connectivity index (χ4n) is 2.54. The number of hydrogen-bond acceptors (Lipinski definition) is 2. The number of hydrogen-bond donors (Lipinski definition) is 0. The van der Waals surface area contributed by atoms with Crippen LogP contribution in [0.4, 0.5) is 0 Å². The first-order chi connectivity index (χ1) is 9.26. The maximum absolute atomic E-state index is 11.9. The van der Waals surface area contributed by atoms with Gasteiger partial charge in [-0.3, -0.25) is 4.79 Å². The van der Waals surface area contributed by atoms with Gasteiger partial charge in [0.1, 0.15) is 0 Å². The molecular weight excluding hydrogens is 252 g/mol. The largest absolute Gasteiger partial charge is 0.287 e. The summed E-state index contributed by atoms with van der Waals surface area (Å²) in [5.41, 5.74) is 0. The van der Waals surface area contributed by atoms with Crippen LogP contribution in [0.15, 0.2) is 0 Å². The second-order valence-electron chi connectivity index (χ2n) is 5.63. The Hall–Kier alpha value is 0.0200. The van der Waals surface area contributed by atoms with E-state index in [0.29, 0.717) is 11.0 Å². The summed E-state index contributed by atoms with van der Waals surface area (Å²) in [6.07, 6.45) is 17.3. The summed E-state index contributed by atoms with van der Waals surface area (Å²) in [5, 5.41) is 0.421. The Bertz CT molecular complexity index is 203. The van der Waals surface area contributed by atoms with Gasteiger partial charge in [-0.1, -0.05) is 89.8 Å². The predicted molar refractivity (Wildman–Crippen MR) is 88.8 cm³/mol. The van der Waals surface area contributed by atoms with Crippen LogP contribution >= 0.6 is 11.8 Å². The molecule has 1 unspecified atom stereocenters. The molecule has 0 aliphatic rings. The standard InChI is InChI=1S/C17H34OS/c1-4-6-8-10-11-13-15-16(17(18)19-3)14-12-9-7-5-2/h16H,4-15H2,1-3H3. The molecule has 1 atom stereocenters. The molecule has 0 heterocycles. The number of carbonyl (C=O) groups excluding carboxylic acids is 1. The van der Waals surface area contributed by atoms with Crippen molar-refractivity contribution in [2.24, 2.45) is 5.92 Å². The van der Waals surface area contributed by atoms with E-state index in [1.807, 2.05) is 6.26 Å². The van der Waals surface area contributed by atoms with Gasteiger partial charge in [-0.2, -0.15) is 0 Å². The molecule has 0 N–H and O–H groups in total. The molecule has 19 heavy (non-hydrogen) atoms. The van der Waals surface area contributed by atoms with Crippen molar-refractivity contribution in [2.45, 2.75) is 90.9 Å². The van der Waals surface area contributed by atoms with E-state index in [1.165, 1.54) is 76.0 Å². The molecule has 0 amide bonds. The minimum Gasteiger partial charge on any atom is -0.287 e. The van der Waals surface area contributed by atoms with Crippen molar-refractivity contribution in [1.29, 1.82) is 0 Å². The number of unbranched alkanes of at least 4 members (excludes halogenated alkanes) is 8. The molecule has 0 bridgehead atoms. The molecule has 2 heteroatoms. The first-order valence-corrected chi connectivity index (χ1v) is 9.56. The van der Waals surface area contributed by atoms with Gasteiger partial charge >= 0.3 is 0 Å². The van der Waals surface area contributed by atoms with Crippen LogP contribution < -0.4 is 0 Å². The Kier molecular flexibility index (Phi) is 14.4. The van der Waals surface area contributed by atoms with Crippen LogP contribution in [0.5, 0.6) is 0 Å². The maximum atomic E-state index is 11.9. The highest BCUT2D eigenvalue weighted by Gasteiger charge is 2.16. The van der Waals surface area contributed by atoms with Gasteiger partial charge in [0.2, 0.25) is 0 Å². The number of rotatable bonds is 13. The quantitative estimate of drug-likeness (QED) is 0.374. The van der Waals surface area contributed by atoms with Gasteiger partial charge in [0.25, 0.3) is 0 Å². The van der Waals surface area contributed by atoms with Crippen molar-refractivity contribution >= 4 is 16.9 Å². The molecule has 0 spiro atoms. The molecule has 0 aromatic rings. The smallest absolute Gasteiger partial charge is 0.191 e. The van der Waals surface area contributed by atoms with E-state index in [4.69, 9.17) is 0 Å². The van der Waals surface area contributed by atoms with Crippen LogP contribution in [0.2, 0.25) is 0 Å². The average molecular weight is 287 g/mol. The Morgan fingerprint density at radius 3 is 1.68 bits per heavy atom. The lowest BCUT2D eigenvalue weighted by atomic mass is 9.95. The fraction of sp³-hybridized carbons (Fsp3) is 0.941. The lowest BCUT2D eigenvalue weighted by Crippen LogP contribution is -2.11. The van der Waals surface area contributed by atoms with Crippen LogP contribution in [0.25, 0.3) is 0 Å². The van der Waals surface area contributed by atoms with E-state index in [1.54, 1.807) is 0 Å². The predicted octanol–water partition coefficient (Wildman–Crippen LogP) is 6.21. The van der Waals surface area contributed by atoms with Gasteiger partial charge < -0.3 is 0 Å². The van der Waals surface area contributed by atoms with E-state index < -0.39 is 0 Å². The average Bonchev–Trinajstić information content (AvgIpc) is 2.44. The first kappa shape index (κ1) is 19.0. The molecule has 0 aromatic carbocycles. The zero-order valence-corrected chi connectivity index (χ0v) is 14.2. The molecule has 0 radical (unpaired) electrons. The van der Waals surface area contributed by atoms with Gasteiger partial charge in [0.05, 0.1) is 0 Å². The highest BCUT2D eigenvalue weighted by atomic mass is 32.2. The molecule has 0 saturated heterocycles. The summed E-state index contributed by atoms with van der Waals surface area (Å²) in [5.74, 6) is 0.332. The van der Waals surface area contributed by atoms with Gasteiger partial charge in [-0.15, -0.1) is 0 Å². The van der Waals surface area contributed by atoms with Crippen molar-refractivity contribution in [3.63, 3.8) is 0 Å². The van der Waals surface area contributed by atoms with Gasteiger partial charge in [-0.25, -0.2) is 0 Å². The highest BCUT2D eigenvalue weighted by molar-refractivity contribution is 8.13. The third kappa shape index (κ3) is 11.5. The summed E-state index contributed by atoms with van der Waals surface area (Å²) >= 11 is 1.43. The Balaban J connectivity index is 3.71. The van der Waals surface area contributed by atoms with Crippen LogP contribution in [0, 0.1) is 5.92 Å². The van der Waals surface area contributed by atoms with Crippen LogP contribution in [0.3, 0.4) is 0 Å². The fourth-order valence-corrected chi connectivity index (χ4v) is 3.10. The minimum atomic E-state index is 0.332. The van der Waals surface area contributed by atoms with Crippen LogP contribution in [0.1, 0.15) is 90.9 Å². The van der Waals surface area contributed by atoms with E-state index in [9.17, 15) is 4.79 Å². The van der Waals surface area contributed by atoms with Gasteiger partial charge in [-0.05, 0) is 19.1 Å². The third-order valence-corrected chi connectivity index (χ3v) is 4.58. The number of carbonyl (C=O) groups is 1. The zero-order chi connectivity index (χ0) is 14.3. The maximum Gasteiger partial charge on any atom is 0.191 e. The van der Waals surface area contributed by atoms with Crippen LogP contribution in [-0.2, 0) is 4.79 Å². The lowest BCUT2D eigenvalue weighted by Gasteiger charge is -2.14. The molecule has 114 valence electrons. The van der Waals surface area contributed by atoms with Crippen molar-refractivity contribution in [3.8, 4) is 0 Å². The SMILES string of the molecule is CCCCCCCCC(CCCCCC)C(=O)SC. The summed E-state index contributed by atoms with van der Waals surface area (Å²) in [6, 6.07) is 0. The molecule has 1 nitrogen and oxygen atoms in total. The van der Waals surface area contributed by atoms with E-state index in [-0.39, 0.29) is 0 Å². The topological polar surface area (TPSA) is 17.1 Å². The monoisotopic (exact) mass is 286 g/mol. The first-order valence-electron chi connectivity index (χ1n) is 8.34. The second-order valence-corrected chi connectivity index (χ2v) is 6.44. The summed E-state index contributed by atoms with van der Waals surface area (Å²) < 4.78 is 0. The molecule has 0 aliphatic carbocycles. The highest BCUT2D eigenvalue weighted by Crippen LogP contribution is 2.23. The summed E-state index contributed by atoms with van der Waals surface area (Å²) in [4.78, 5) is 11.9. The van der Waals surface area contributed by atoms with Crippen molar-refractivity contribution in [3.05, 3.63) is 0 Å². The Morgan fingerprint density at radius 2 is 1.21 bits per heavy atom. The number of thioether (sulfide) groups is 1. The summed E-state index contributed by atoms with van der Waals surface area (Å²) in [7, 11) is 0. The van der Waals surface area contributed by atoms with Crippen molar-refractivity contribution in [2.75, 3.05) is 6.26 Å². The summed E-state index contributed by atoms with van der Waals surface area (Å²) in [6.45, 7) is 4.49. The molecule has 0 aliphatic heterocycles. The lowest BCUT2D eigenvalue weighted by molar-refractivity contribution is -0.114. The minimum absolute atomic E-state index is 0.332. The molecule has 0 saturated carbocycles. The van der Waals surface area contributed by atoms with Crippen LogP contribution in [-0.4, -0.2) is 11.4 Å². The molecule has 0 aromatic heterocycles. The Labute approximate surface area is 125 Å². The van der Waals surface area contributed by atoms with Crippen molar-refractivity contribution < 1.29 is 4.79 Å². The molecule has 0 fully saturated rings. The molecular formula is C17H34OS. The normalized spacial score (nSPS) is 12.6. The van der Waals surface area contributed by atoms with Gasteiger partial charge in [0, 0.05) is 5.92 Å². The van der Waals surface area contributed by atoms with Gasteiger partial charge in [0.15, 0.2) is 5.12 Å². The van der Waals surface area contributed by atoms with E-state index in [2.05, 4.69) is 13.8 Å². The molecule has 0 rings (SSSR count).